The number of aromatic nitrogens is 1. The fraction of sp³-hybridized carbons (Fsp3) is 0.300. The normalized spacial score (nSPS) is 12.1. The molecule has 0 amide bonds. The molecule has 0 fully saturated rings. The van der Waals surface area contributed by atoms with Crippen molar-refractivity contribution in [2.75, 3.05) is 6.54 Å². The van der Waals surface area contributed by atoms with Crippen molar-refractivity contribution < 1.29 is 0 Å². The van der Waals surface area contributed by atoms with Crippen LogP contribution >= 0.6 is 23.2 Å². The summed E-state index contributed by atoms with van der Waals surface area (Å²) >= 11 is 11.5. The van der Waals surface area contributed by atoms with E-state index in [0.717, 1.165) is 5.56 Å². The second-order valence-electron chi connectivity index (χ2n) is 2.85. The Morgan fingerprint density at radius 2 is 2.36 bits per heavy atom. The van der Waals surface area contributed by atoms with Crippen molar-refractivity contribution in [1.29, 1.82) is 0 Å². The van der Waals surface area contributed by atoms with Crippen LogP contribution in [-0.2, 0) is 0 Å². The van der Waals surface area contributed by atoms with Gasteiger partial charge in [0.05, 0.1) is 11.6 Å². The fourth-order valence-electron chi connectivity index (χ4n) is 1.00. The van der Waals surface area contributed by atoms with Gasteiger partial charge in [-0.15, -0.1) is 6.42 Å². The van der Waals surface area contributed by atoms with Gasteiger partial charge in [-0.2, -0.15) is 0 Å². The molecule has 0 spiro atoms. The van der Waals surface area contributed by atoms with E-state index < -0.39 is 0 Å². The van der Waals surface area contributed by atoms with Crippen molar-refractivity contribution in [3.63, 3.8) is 0 Å². The first-order valence-electron chi connectivity index (χ1n) is 4.13. The van der Waals surface area contributed by atoms with Crippen LogP contribution in [0.4, 0.5) is 0 Å². The van der Waals surface area contributed by atoms with Crippen molar-refractivity contribution in [3.8, 4) is 12.3 Å². The molecule has 0 aromatic carbocycles. The molecule has 0 radical (unpaired) electrons. The number of nitrogens with one attached hydrogen (secondary N) is 1. The standard InChI is InChI=1S/C10H10Cl2N2/c1-3-4-13-7(2)8-5-9(11)10(12)14-6-8/h1,5-7,13H,4H2,2H3. The molecule has 0 aliphatic rings. The van der Waals surface area contributed by atoms with Crippen molar-refractivity contribution in [2.45, 2.75) is 13.0 Å². The number of nitrogens with zero attached hydrogens (tertiary/aromatic N) is 1. The van der Waals surface area contributed by atoms with Crippen LogP contribution in [0.3, 0.4) is 0 Å². The molecule has 0 aliphatic heterocycles. The van der Waals surface area contributed by atoms with Gasteiger partial charge in [0.1, 0.15) is 5.15 Å². The molecule has 0 saturated heterocycles. The molecular formula is C10H10Cl2N2. The lowest BCUT2D eigenvalue weighted by atomic mass is 10.1. The molecule has 0 bridgehead atoms. The Morgan fingerprint density at radius 1 is 1.64 bits per heavy atom. The van der Waals surface area contributed by atoms with Crippen LogP contribution in [0, 0.1) is 12.3 Å². The minimum atomic E-state index is 0.119. The Kier molecular flexibility index (Phi) is 4.21. The van der Waals surface area contributed by atoms with E-state index in [1.807, 2.05) is 6.92 Å². The molecular weight excluding hydrogens is 219 g/mol. The molecule has 1 rings (SSSR count). The van der Waals surface area contributed by atoms with Crippen LogP contribution in [0.25, 0.3) is 0 Å². The molecule has 1 atom stereocenters. The molecule has 2 nitrogen and oxygen atoms in total. The highest BCUT2D eigenvalue weighted by Gasteiger charge is 2.06. The molecule has 4 heteroatoms. The average molecular weight is 229 g/mol. The number of hydrogen-bond acceptors (Lipinski definition) is 2. The smallest absolute Gasteiger partial charge is 0.147 e. The molecule has 1 aromatic heterocycles. The molecule has 74 valence electrons. The number of rotatable bonds is 3. The largest absolute Gasteiger partial charge is 0.300 e. The summed E-state index contributed by atoms with van der Waals surface area (Å²) < 4.78 is 0. The van der Waals surface area contributed by atoms with Crippen molar-refractivity contribution in [2.24, 2.45) is 0 Å². The maximum atomic E-state index is 5.83. The maximum absolute atomic E-state index is 5.83. The molecule has 1 aromatic rings. The highest BCUT2D eigenvalue weighted by atomic mass is 35.5. The second kappa shape index (κ2) is 5.21. The summed E-state index contributed by atoms with van der Waals surface area (Å²) in [6.45, 7) is 2.50. The van der Waals surface area contributed by atoms with Gasteiger partial charge in [-0.25, -0.2) is 4.98 Å². The van der Waals surface area contributed by atoms with E-state index in [0.29, 0.717) is 16.7 Å². The van der Waals surface area contributed by atoms with E-state index >= 15 is 0 Å². The monoisotopic (exact) mass is 228 g/mol. The minimum Gasteiger partial charge on any atom is -0.300 e. The van der Waals surface area contributed by atoms with Crippen molar-refractivity contribution >= 4 is 23.2 Å². The van der Waals surface area contributed by atoms with Crippen LogP contribution in [0.1, 0.15) is 18.5 Å². The van der Waals surface area contributed by atoms with Crippen molar-refractivity contribution in [3.05, 3.63) is 28.0 Å². The lowest BCUT2D eigenvalue weighted by Gasteiger charge is -2.12. The van der Waals surface area contributed by atoms with E-state index in [4.69, 9.17) is 29.6 Å². The highest BCUT2D eigenvalue weighted by Crippen LogP contribution is 2.22. The number of pyridine rings is 1. The van der Waals surface area contributed by atoms with Crippen molar-refractivity contribution in [1.82, 2.24) is 10.3 Å². The number of hydrogen-bond donors (Lipinski definition) is 1. The lowest BCUT2D eigenvalue weighted by molar-refractivity contribution is 0.621. The van der Waals surface area contributed by atoms with Gasteiger partial charge in [-0.05, 0) is 18.6 Å². The first-order chi connectivity index (χ1) is 6.65. The van der Waals surface area contributed by atoms with E-state index in [9.17, 15) is 0 Å². The lowest BCUT2D eigenvalue weighted by Crippen LogP contribution is -2.18. The Morgan fingerprint density at radius 3 is 2.93 bits per heavy atom. The summed E-state index contributed by atoms with van der Waals surface area (Å²) in [6, 6.07) is 1.90. The SMILES string of the molecule is C#CCNC(C)c1cnc(Cl)c(Cl)c1. The van der Waals surface area contributed by atoms with Crippen LogP contribution in [0.15, 0.2) is 12.3 Å². The summed E-state index contributed by atoms with van der Waals surface area (Å²) in [5.41, 5.74) is 0.967. The Hall–Kier alpha value is -0.750. The first-order valence-corrected chi connectivity index (χ1v) is 4.88. The van der Waals surface area contributed by atoms with Crippen LogP contribution in [0.5, 0.6) is 0 Å². The Bertz CT molecular complexity index is 358. The zero-order valence-electron chi connectivity index (χ0n) is 7.72. The summed E-state index contributed by atoms with van der Waals surface area (Å²) in [5.74, 6) is 2.50. The third kappa shape index (κ3) is 2.88. The number of terminal acetylenes is 1. The van der Waals surface area contributed by atoms with Gasteiger partial charge in [0.15, 0.2) is 0 Å². The van der Waals surface area contributed by atoms with E-state index in [2.05, 4.69) is 16.2 Å². The Labute approximate surface area is 93.6 Å². The Balaban J connectivity index is 2.76. The average Bonchev–Trinajstić information content (AvgIpc) is 2.18. The minimum absolute atomic E-state index is 0.119. The third-order valence-electron chi connectivity index (χ3n) is 1.83. The van der Waals surface area contributed by atoms with E-state index in [-0.39, 0.29) is 6.04 Å². The molecule has 0 saturated carbocycles. The number of halogens is 2. The van der Waals surface area contributed by atoms with Crippen LogP contribution in [-0.4, -0.2) is 11.5 Å². The summed E-state index contributed by atoms with van der Waals surface area (Å²) in [6.07, 6.45) is 6.82. The van der Waals surface area contributed by atoms with E-state index in [1.54, 1.807) is 12.3 Å². The molecule has 14 heavy (non-hydrogen) atoms. The van der Waals surface area contributed by atoms with Gasteiger partial charge < -0.3 is 0 Å². The third-order valence-corrected chi connectivity index (χ3v) is 2.51. The first kappa shape index (κ1) is 11.3. The van der Waals surface area contributed by atoms with Gasteiger partial charge in [0.25, 0.3) is 0 Å². The van der Waals surface area contributed by atoms with Gasteiger partial charge in [-0.1, -0.05) is 29.1 Å². The maximum Gasteiger partial charge on any atom is 0.147 e. The highest BCUT2D eigenvalue weighted by molar-refractivity contribution is 6.41. The molecule has 1 N–H and O–H groups in total. The van der Waals surface area contributed by atoms with Gasteiger partial charge in [-0.3, -0.25) is 5.32 Å². The summed E-state index contributed by atoms with van der Waals surface area (Å²) in [4.78, 5) is 3.95. The fourth-order valence-corrected chi connectivity index (χ4v) is 1.28. The molecule has 0 aliphatic carbocycles. The topological polar surface area (TPSA) is 24.9 Å². The molecule has 1 heterocycles. The van der Waals surface area contributed by atoms with Gasteiger partial charge in [0.2, 0.25) is 0 Å². The predicted octanol–water partition coefficient (Wildman–Crippen LogP) is 2.67. The van der Waals surface area contributed by atoms with Gasteiger partial charge >= 0.3 is 0 Å². The summed E-state index contributed by atoms with van der Waals surface area (Å²) in [5, 5.41) is 3.89. The zero-order valence-corrected chi connectivity index (χ0v) is 9.23. The van der Waals surface area contributed by atoms with E-state index in [1.165, 1.54) is 0 Å². The predicted molar refractivity (Wildman–Crippen MR) is 59.5 cm³/mol. The zero-order chi connectivity index (χ0) is 10.6. The quantitative estimate of drug-likeness (QED) is 0.636. The van der Waals surface area contributed by atoms with Crippen LogP contribution in [0.2, 0.25) is 10.2 Å². The summed E-state index contributed by atoms with van der Waals surface area (Å²) in [7, 11) is 0. The van der Waals surface area contributed by atoms with Gasteiger partial charge in [0, 0.05) is 12.2 Å². The second-order valence-corrected chi connectivity index (χ2v) is 3.61. The van der Waals surface area contributed by atoms with Crippen LogP contribution < -0.4 is 5.32 Å². The molecule has 1 unspecified atom stereocenters.